The first-order valence-electron chi connectivity index (χ1n) is 6.63. The van der Waals surface area contributed by atoms with Gasteiger partial charge in [-0.3, -0.25) is 4.98 Å². The molecule has 3 aromatic rings. The van der Waals surface area contributed by atoms with Crippen LogP contribution in [0.2, 0.25) is 0 Å². The van der Waals surface area contributed by atoms with Crippen molar-refractivity contribution in [2.75, 3.05) is 0 Å². The number of hydrogen-bond acceptors (Lipinski definition) is 5. The van der Waals surface area contributed by atoms with Gasteiger partial charge in [-0.05, 0) is 30.1 Å². The van der Waals surface area contributed by atoms with Crippen LogP contribution in [0.25, 0.3) is 10.9 Å². The number of pyridine rings is 1. The molecule has 0 saturated carbocycles. The van der Waals surface area contributed by atoms with Gasteiger partial charge in [0.15, 0.2) is 0 Å². The molecule has 4 nitrogen and oxygen atoms in total. The van der Waals surface area contributed by atoms with Crippen molar-refractivity contribution in [2.24, 2.45) is 0 Å². The first-order chi connectivity index (χ1) is 9.79. The van der Waals surface area contributed by atoms with Gasteiger partial charge in [-0.15, -0.1) is 5.10 Å². The summed E-state index contributed by atoms with van der Waals surface area (Å²) in [6.07, 6.45) is 2.85. The minimum atomic E-state index is -0.700. The highest BCUT2D eigenvalue weighted by molar-refractivity contribution is 7.05. The summed E-state index contributed by atoms with van der Waals surface area (Å²) in [6, 6.07) is 9.86. The Kier molecular flexibility index (Phi) is 3.71. The second-order valence-corrected chi connectivity index (χ2v) is 5.48. The zero-order valence-corrected chi connectivity index (χ0v) is 12.0. The van der Waals surface area contributed by atoms with E-state index in [4.69, 9.17) is 0 Å². The Morgan fingerprint density at radius 3 is 3.00 bits per heavy atom. The number of para-hydroxylation sites is 1. The lowest BCUT2D eigenvalue weighted by Crippen LogP contribution is -2.02. The number of fused-ring (bicyclic) bond motifs is 1. The van der Waals surface area contributed by atoms with Crippen molar-refractivity contribution >= 4 is 22.4 Å². The average molecular weight is 285 g/mol. The maximum atomic E-state index is 10.5. The summed E-state index contributed by atoms with van der Waals surface area (Å²) >= 11 is 1.26. The molecule has 2 heterocycles. The molecule has 102 valence electrons. The van der Waals surface area contributed by atoms with E-state index in [1.54, 1.807) is 6.20 Å². The molecule has 0 bridgehead atoms. The third-order valence-electron chi connectivity index (χ3n) is 3.25. The summed E-state index contributed by atoms with van der Waals surface area (Å²) in [4.78, 5) is 5.21. The lowest BCUT2D eigenvalue weighted by Gasteiger charge is -2.10. The van der Waals surface area contributed by atoms with Gasteiger partial charge >= 0.3 is 0 Å². The second-order valence-electron chi connectivity index (χ2n) is 4.70. The molecule has 1 aromatic carbocycles. The van der Waals surface area contributed by atoms with Crippen molar-refractivity contribution in [3.63, 3.8) is 0 Å². The van der Waals surface area contributed by atoms with E-state index >= 15 is 0 Å². The lowest BCUT2D eigenvalue weighted by atomic mass is 10.1. The Bertz CT molecular complexity index is 726. The summed E-state index contributed by atoms with van der Waals surface area (Å²) in [7, 11) is 0. The van der Waals surface area contributed by atoms with Crippen LogP contribution in [0.3, 0.4) is 0 Å². The maximum Gasteiger partial charge on any atom is 0.118 e. The van der Waals surface area contributed by atoms with Gasteiger partial charge in [0.05, 0.1) is 16.1 Å². The van der Waals surface area contributed by atoms with Gasteiger partial charge in [0.2, 0.25) is 0 Å². The van der Waals surface area contributed by atoms with Crippen molar-refractivity contribution in [3.8, 4) is 0 Å². The summed E-state index contributed by atoms with van der Waals surface area (Å²) in [5.74, 6) is 0. The van der Waals surface area contributed by atoms with Crippen molar-refractivity contribution in [3.05, 3.63) is 52.7 Å². The molecule has 0 spiro atoms. The van der Waals surface area contributed by atoms with Gasteiger partial charge < -0.3 is 5.11 Å². The van der Waals surface area contributed by atoms with Crippen LogP contribution in [0.5, 0.6) is 0 Å². The SMILES string of the molecule is CCCc1nnsc1C(O)c1cnc2ccccc2c1. The van der Waals surface area contributed by atoms with Crippen molar-refractivity contribution in [1.29, 1.82) is 0 Å². The van der Waals surface area contributed by atoms with E-state index in [0.29, 0.717) is 0 Å². The molecule has 1 atom stereocenters. The van der Waals surface area contributed by atoms with Crippen LogP contribution in [-0.2, 0) is 6.42 Å². The number of aliphatic hydroxyl groups is 1. The molecule has 0 saturated heterocycles. The van der Waals surface area contributed by atoms with E-state index in [9.17, 15) is 5.11 Å². The van der Waals surface area contributed by atoms with E-state index < -0.39 is 6.10 Å². The highest BCUT2D eigenvalue weighted by Crippen LogP contribution is 2.28. The smallest absolute Gasteiger partial charge is 0.118 e. The maximum absolute atomic E-state index is 10.5. The topological polar surface area (TPSA) is 58.9 Å². The third kappa shape index (κ3) is 2.42. The highest BCUT2D eigenvalue weighted by Gasteiger charge is 2.18. The van der Waals surface area contributed by atoms with E-state index in [1.165, 1.54) is 11.5 Å². The number of hydrogen-bond donors (Lipinski definition) is 1. The molecule has 0 aliphatic rings. The minimum absolute atomic E-state index is 0.700. The number of nitrogens with zero attached hydrogens (tertiary/aromatic N) is 3. The molecule has 0 aliphatic carbocycles. The van der Waals surface area contributed by atoms with Gasteiger partial charge in [0, 0.05) is 17.1 Å². The van der Waals surface area contributed by atoms with E-state index in [1.807, 2.05) is 30.3 Å². The van der Waals surface area contributed by atoms with Crippen LogP contribution in [0.4, 0.5) is 0 Å². The van der Waals surface area contributed by atoms with Gasteiger partial charge in [-0.25, -0.2) is 0 Å². The summed E-state index contributed by atoms with van der Waals surface area (Å²) in [6.45, 7) is 2.09. The van der Waals surface area contributed by atoms with Crippen LogP contribution < -0.4 is 0 Å². The van der Waals surface area contributed by atoms with Gasteiger partial charge in [-0.2, -0.15) is 0 Å². The number of benzene rings is 1. The van der Waals surface area contributed by atoms with Gasteiger partial charge in [0.1, 0.15) is 6.10 Å². The van der Waals surface area contributed by atoms with Gasteiger partial charge in [-0.1, -0.05) is 36.0 Å². The Hall–Kier alpha value is -1.85. The molecule has 0 aliphatic heterocycles. The lowest BCUT2D eigenvalue weighted by molar-refractivity contribution is 0.222. The Morgan fingerprint density at radius 1 is 1.30 bits per heavy atom. The van der Waals surface area contributed by atoms with Crippen LogP contribution >= 0.6 is 11.5 Å². The fourth-order valence-electron chi connectivity index (χ4n) is 2.22. The van der Waals surface area contributed by atoms with Crippen molar-refractivity contribution in [2.45, 2.75) is 25.9 Å². The number of rotatable bonds is 4. The van der Waals surface area contributed by atoms with Crippen LogP contribution in [0, 0.1) is 0 Å². The zero-order chi connectivity index (χ0) is 13.9. The van der Waals surface area contributed by atoms with Gasteiger partial charge in [0.25, 0.3) is 0 Å². The number of aliphatic hydroxyl groups excluding tert-OH is 1. The standard InChI is InChI=1S/C15H15N3OS/c1-2-5-13-15(20-18-17-13)14(19)11-8-10-6-3-4-7-12(10)16-9-11/h3-4,6-9,14,19H,2,5H2,1H3. The molecule has 5 heteroatoms. The largest absolute Gasteiger partial charge is 0.383 e. The Morgan fingerprint density at radius 2 is 2.15 bits per heavy atom. The predicted octanol–water partition coefficient (Wildman–Crippen LogP) is 3.12. The summed E-state index contributed by atoms with van der Waals surface area (Å²) in [5, 5.41) is 15.7. The van der Waals surface area contributed by atoms with Crippen LogP contribution in [0.1, 0.15) is 35.6 Å². The monoisotopic (exact) mass is 285 g/mol. The normalized spacial score (nSPS) is 12.7. The quantitative estimate of drug-likeness (QED) is 0.800. The third-order valence-corrected chi connectivity index (χ3v) is 4.07. The zero-order valence-electron chi connectivity index (χ0n) is 11.2. The molecule has 3 rings (SSSR count). The van der Waals surface area contributed by atoms with E-state index in [-0.39, 0.29) is 0 Å². The van der Waals surface area contributed by atoms with E-state index in [2.05, 4.69) is 21.5 Å². The number of aryl methyl sites for hydroxylation is 1. The molecule has 0 fully saturated rings. The summed E-state index contributed by atoms with van der Waals surface area (Å²) in [5.41, 5.74) is 2.60. The first-order valence-corrected chi connectivity index (χ1v) is 7.41. The molecule has 1 unspecified atom stereocenters. The van der Waals surface area contributed by atoms with Crippen molar-refractivity contribution in [1.82, 2.24) is 14.6 Å². The molecule has 2 aromatic heterocycles. The molecular weight excluding hydrogens is 270 g/mol. The predicted molar refractivity (Wildman–Crippen MR) is 79.7 cm³/mol. The first kappa shape index (κ1) is 13.1. The Balaban J connectivity index is 1.99. The molecule has 0 radical (unpaired) electrons. The average Bonchev–Trinajstić information content (AvgIpc) is 2.94. The number of aromatic nitrogens is 3. The fourth-order valence-corrected chi connectivity index (χ4v) is 2.93. The van der Waals surface area contributed by atoms with Crippen LogP contribution in [-0.4, -0.2) is 19.7 Å². The highest BCUT2D eigenvalue weighted by atomic mass is 32.1. The fraction of sp³-hybridized carbons (Fsp3) is 0.267. The molecular formula is C15H15N3OS. The molecule has 1 N–H and O–H groups in total. The Labute approximate surface area is 121 Å². The molecule has 0 amide bonds. The second kappa shape index (κ2) is 5.64. The molecule has 20 heavy (non-hydrogen) atoms. The summed E-state index contributed by atoms with van der Waals surface area (Å²) < 4.78 is 3.96. The van der Waals surface area contributed by atoms with Crippen LogP contribution in [0.15, 0.2) is 36.5 Å². The van der Waals surface area contributed by atoms with E-state index in [0.717, 1.165) is 39.9 Å². The minimum Gasteiger partial charge on any atom is -0.383 e. The van der Waals surface area contributed by atoms with Crippen molar-refractivity contribution < 1.29 is 5.11 Å².